The molecule has 3 aliphatic heterocycles. The van der Waals surface area contributed by atoms with E-state index in [0.717, 1.165) is 44.3 Å². The van der Waals surface area contributed by atoms with Crippen LogP contribution in [0.25, 0.3) is 6.08 Å². The van der Waals surface area contributed by atoms with Crippen LogP contribution in [0.4, 0.5) is 10.5 Å². The molecule has 2 aromatic carbocycles. The average Bonchev–Trinajstić information content (AvgIpc) is 3.69. The highest BCUT2D eigenvalue weighted by atomic mass is 16.7. The second kappa shape index (κ2) is 26.0. The molecule has 6 atom stereocenters. The minimum atomic E-state index is -1.99. The number of carbonyl (C=O) groups excluding carboxylic acids is 7. The molecule has 0 saturated carbocycles. The maximum Gasteiger partial charge on any atom is 0.407 e. The van der Waals surface area contributed by atoms with Crippen molar-refractivity contribution in [1.29, 1.82) is 0 Å². The van der Waals surface area contributed by atoms with Crippen molar-refractivity contribution < 1.29 is 82.7 Å². The van der Waals surface area contributed by atoms with Crippen molar-refractivity contribution >= 4 is 59.3 Å². The molecule has 7 amide bonds. The summed E-state index contributed by atoms with van der Waals surface area (Å²) in [5, 5.41) is 61.1. The summed E-state index contributed by atoms with van der Waals surface area (Å²) in [6, 6.07) is 12.9. The SMILES string of the molecule is CC(C)(C)OC(=O)NCC(C(=O)NCCC(=O)Nc1cc(C[n+]2cccc(/C=C/C(=O)NCCCCC3CCN(C(=O)c4cccc(O)c4)CC3)c2)ccc1O[C@@H]1O[C@H](C(=O)O)[C@@H](O)[C@H](O)[C@H]1O)N1C(=O)C=CC1=O. The van der Waals surface area contributed by atoms with Crippen LogP contribution in [0.1, 0.15) is 80.8 Å². The zero-order valence-corrected chi connectivity index (χ0v) is 41.8. The number of aromatic hydroxyl groups is 1. The number of ether oxygens (including phenoxy) is 3. The number of aromatic nitrogens is 1. The summed E-state index contributed by atoms with van der Waals surface area (Å²) < 4.78 is 18.1. The number of nitrogens with one attached hydrogen (secondary N) is 4. The first-order chi connectivity index (χ1) is 35.6. The quantitative estimate of drug-likeness (QED) is 0.0312. The number of pyridine rings is 1. The van der Waals surface area contributed by atoms with E-state index in [1.165, 1.54) is 30.3 Å². The maximum absolute atomic E-state index is 13.5. The number of alkyl carbamates (subject to hydrolysis) is 1. The number of nitrogens with zero attached hydrogens (tertiary/aromatic N) is 3. The number of benzene rings is 2. The molecule has 3 aliphatic rings. The number of phenols is 1. The van der Waals surface area contributed by atoms with E-state index in [0.29, 0.717) is 47.1 Å². The van der Waals surface area contributed by atoms with E-state index in [2.05, 4.69) is 21.3 Å². The summed E-state index contributed by atoms with van der Waals surface area (Å²) in [6.07, 6.45) is 2.04. The molecular formula is C52H64N7O16+. The van der Waals surface area contributed by atoms with Gasteiger partial charge in [-0.15, -0.1) is 0 Å². The maximum atomic E-state index is 13.5. The fourth-order valence-corrected chi connectivity index (χ4v) is 8.49. The lowest BCUT2D eigenvalue weighted by atomic mass is 9.91. The van der Waals surface area contributed by atoms with Crippen molar-refractivity contribution in [1.82, 2.24) is 25.8 Å². The van der Waals surface area contributed by atoms with Gasteiger partial charge in [-0.3, -0.25) is 33.7 Å². The van der Waals surface area contributed by atoms with E-state index in [1.54, 1.807) is 74.1 Å². The van der Waals surface area contributed by atoms with E-state index >= 15 is 0 Å². The number of rotatable bonds is 21. The minimum Gasteiger partial charge on any atom is -0.508 e. The summed E-state index contributed by atoms with van der Waals surface area (Å²) in [6.45, 7) is 6.04. The lowest BCUT2D eigenvalue weighted by Gasteiger charge is -2.38. The van der Waals surface area contributed by atoms with Crippen molar-refractivity contribution in [3.05, 3.63) is 102 Å². The van der Waals surface area contributed by atoms with Crippen LogP contribution in [0.5, 0.6) is 11.5 Å². The van der Waals surface area contributed by atoms with Gasteiger partial charge in [0.05, 0.1) is 12.2 Å². The van der Waals surface area contributed by atoms with Crippen LogP contribution in [0.2, 0.25) is 0 Å². The van der Waals surface area contributed by atoms with Crippen molar-refractivity contribution in [2.75, 3.05) is 38.0 Å². The molecule has 0 aliphatic carbocycles. The number of carbonyl (C=O) groups is 8. The van der Waals surface area contributed by atoms with Gasteiger partial charge < -0.3 is 65.9 Å². The largest absolute Gasteiger partial charge is 0.508 e. The number of aliphatic hydroxyl groups excluding tert-OH is 3. The highest BCUT2D eigenvalue weighted by molar-refractivity contribution is 6.15. The van der Waals surface area contributed by atoms with E-state index < -0.39 is 84.6 Å². The fraction of sp³-hybridized carbons (Fsp3) is 0.442. The number of amides is 7. The Labute approximate surface area is 432 Å². The van der Waals surface area contributed by atoms with Gasteiger partial charge in [0.15, 0.2) is 25.0 Å². The Hall–Kier alpha value is -7.73. The molecule has 9 N–H and O–H groups in total. The van der Waals surface area contributed by atoms with Crippen LogP contribution in [0.3, 0.4) is 0 Å². The summed E-state index contributed by atoms with van der Waals surface area (Å²) in [4.78, 5) is 104. The molecule has 1 unspecified atom stereocenters. The number of phenolic OH excluding ortho intramolecular Hbond substituents is 1. The Morgan fingerprint density at radius 3 is 2.31 bits per heavy atom. The topological polar surface area (TPSA) is 324 Å². The number of anilines is 1. The predicted molar refractivity (Wildman–Crippen MR) is 265 cm³/mol. The Morgan fingerprint density at radius 2 is 1.61 bits per heavy atom. The van der Waals surface area contributed by atoms with Crippen LogP contribution in [-0.2, 0) is 44.8 Å². The number of piperidine rings is 1. The number of aliphatic hydroxyl groups is 3. The van der Waals surface area contributed by atoms with Crippen LogP contribution < -0.4 is 30.6 Å². The van der Waals surface area contributed by atoms with E-state index in [4.69, 9.17) is 14.2 Å². The molecule has 75 heavy (non-hydrogen) atoms. The zero-order chi connectivity index (χ0) is 54.4. The number of imide groups is 1. The molecule has 402 valence electrons. The summed E-state index contributed by atoms with van der Waals surface area (Å²) in [7, 11) is 0. The number of carboxylic acids is 1. The summed E-state index contributed by atoms with van der Waals surface area (Å²) >= 11 is 0. The smallest absolute Gasteiger partial charge is 0.407 e. The van der Waals surface area contributed by atoms with Gasteiger partial charge in [0.1, 0.15) is 41.5 Å². The number of likely N-dealkylation sites (tertiary alicyclic amines) is 1. The molecule has 2 saturated heterocycles. The normalized spacial score (nSPS) is 20.4. The molecular weight excluding hydrogens is 979 g/mol. The second-order valence-electron chi connectivity index (χ2n) is 19.3. The number of hydrogen-bond donors (Lipinski definition) is 9. The molecule has 23 heteroatoms. The van der Waals surface area contributed by atoms with Crippen molar-refractivity contribution in [2.45, 2.75) is 108 Å². The Morgan fingerprint density at radius 1 is 0.880 bits per heavy atom. The third-order valence-corrected chi connectivity index (χ3v) is 12.3. The fourth-order valence-electron chi connectivity index (χ4n) is 8.49. The Kier molecular flexibility index (Phi) is 19.6. The van der Waals surface area contributed by atoms with Crippen LogP contribution >= 0.6 is 0 Å². The third kappa shape index (κ3) is 16.4. The summed E-state index contributed by atoms with van der Waals surface area (Å²) in [5.41, 5.74) is 0.846. The van der Waals surface area contributed by atoms with Gasteiger partial charge in [-0.1, -0.05) is 18.9 Å². The predicted octanol–water partition coefficient (Wildman–Crippen LogP) is 1.11. The first-order valence-corrected chi connectivity index (χ1v) is 24.5. The van der Waals surface area contributed by atoms with Crippen LogP contribution in [0, 0.1) is 5.92 Å². The van der Waals surface area contributed by atoms with Crippen LogP contribution in [0.15, 0.2) is 85.2 Å². The van der Waals surface area contributed by atoms with Gasteiger partial charge in [0, 0.05) is 73.6 Å². The van der Waals surface area contributed by atoms with Gasteiger partial charge in [0.25, 0.3) is 17.7 Å². The van der Waals surface area contributed by atoms with Gasteiger partial charge in [-0.25, -0.2) is 14.2 Å². The molecule has 1 aromatic heterocycles. The molecule has 0 radical (unpaired) electrons. The van der Waals surface area contributed by atoms with Gasteiger partial charge in [-0.05, 0) is 94.5 Å². The molecule has 4 heterocycles. The molecule has 2 fully saturated rings. The van der Waals surface area contributed by atoms with E-state index in [1.807, 2.05) is 4.90 Å². The standard InChI is InChI=1S/C52H63N7O16/c1-52(2,3)75-51(72)55-28-37(59-41(63)16-17-42(59)64)47(68)54-22-18-40(62)56-36-26-33(12-14-38(36)73-50-45(67)43(65)44(66)46(74-50)49(70)71)30-57-23-7-9-32(29-57)13-15-39(61)53-21-5-4-8-31-19-24-58(25-20-31)48(69)34-10-6-11-35(60)27-34/h6-7,9-17,23,26-27,29,31,37,43-46,50,65-67H,4-5,8,18-22,24-25,28,30H2,1-3H3,(H5-,53,54,55,56,60,61,62,68,70,71,72)/p+1/b15-13+/t37?,43-,44-,45+,46-,50+/m0/s1. The monoisotopic (exact) mass is 1040 g/mol. The molecule has 23 nitrogen and oxygen atoms in total. The lowest BCUT2D eigenvalue weighted by molar-refractivity contribution is -0.688. The number of carboxylic acid groups (broad SMARTS) is 1. The highest BCUT2D eigenvalue weighted by Crippen LogP contribution is 2.31. The zero-order valence-electron chi connectivity index (χ0n) is 41.8. The first-order valence-electron chi connectivity index (χ1n) is 24.5. The second-order valence-corrected chi connectivity index (χ2v) is 19.3. The van der Waals surface area contributed by atoms with E-state index in [9.17, 15) is 63.9 Å². The third-order valence-electron chi connectivity index (χ3n) is 12.3. The number of unbranched alkanes of at least 4 members (excludes halogenated alkanes) is 1. The Bertz CT molecular complexity index is 2630. The van der Waals surface area contributed by atoms with Gasteiger partial charge in [-0.2, -0.15) is 0 Å². The van der Waals surface area contributed by atoms with Crippen molar-refractivity contribution in [2.24, 2.45) is 5.92 Å². The van der Waals surface area contributed by atoms with Crippen molar-refractivity contribution in [3.8, 4) is 11.5 Å². The van der Waals surface area contributed by atoms with Crippen LogP contribution in [-0.4, -0.2) is 158 Å². The molecule has 0 spiro atoms. The minimum absolute atomic E-state index is 0.0116. The molecule has 3 aromatic rings. The first kappa shape index (κ1) is 56.6. The highest BCUT2D eigenvalue weighted by Gasteiger charge is 2.48. The van der Waals surface area contributed by atoms with Gasteiger partial charge in [0.2, 0.25) is 24.0 Å². The average molecular weight is 1040 g/mol. The van der Waals surface area contributed by atoms with E-state index in [-0.39, 0.29) is 48.5 Å². The summed E-state index contributed by atoms with van der Waals surface area (Å²) in [5.74, 6) is -4.76. The van der Waals surface area contributed by atoms with Crippen molar-refractivity contribution in [3.63, 3.8) is 0 Å². The molecule has 0 bridgehead atoms. The number of aliphatic carboxylic acids is 1. The van der Waals surface area contributed by atoms with Gasteiger partial charge >= 0.3 is 12.1 Å². The molecule has 6 rings (SSSR count). The Balaban J connectivity index is 1.04. The lowest BCUT2D eigenvalue weighted by Crippen LogP contribution is -2.61. The number of hydrogen-bond acceptors (Lipinski definition) is 15.